The summed E-state index contributed by atoms with van der Waals surface area (Å²) < 4.78 is 0. The van der Waals surface area contributed by atoms with Crippen molar-refractivity contribution < 1.29 is 0 Å². The lowest BCUT2D eigenvalue weighted by Gasteiger charge is -2.36. The molecule has 0 aliphatic heterocycles. The van der Waals surface area contributed by atoms with E-state index in [4.69, 9.17) is 0 Å². The minimum Gasteiger partial charge on any atom is -0.299 e. The molecule has 0 fully saturated rings. The third kappa shape index (κ3) is 7.29. The van der Waals surface area contributed by atoms with Crippen LogP contribution in [-0.4, -0.2) is 4.98 Å². The highest BCUT2D eigenvalue weighted by molar-refractivity contribution is 5.98. The first-order valence-electron chi connectivity index (χ1n) is 22.2. The van der Waals surface area contributed by atoms with Gasteiger partial charge in [-0.15, -0.1) is 5.73 Å². The third-order valence-electron chi connectivity index (χ3n) is 13.1. The number of nitrogens with zero attached hydrogens (tertiary/aromatic N) is 1. The van der Waals surface area contributed by atoms with Crippen molar-refractivity contribution in [1.82, 2.24) is 15.8 Å². The smallest absolute Gasteiger partial charge is 0.103 e. The average molecular weight is 836 g/mol. The summed E-state index contributed by atoms with van der Waals surface area (Å²) in [5, 5.41) is 0. The number of hydrogen-bond acceptors (Lipinski definition) is 3. The second-order valence-electron chi connectivity index (χ2n) is 16.7. The van der Waals surface area contributed by atoms with Crippen molar-refractivity contribution in [1.29, 1.82) is 0 Å². The van der Waals surface area contributed by atoms with Gasteiger partial charge >= 0.3 is 0 Å². The Hall–Kier alpha value is -8.23. The largest absolute Gasteiger partial charge is 0.299 e. The number of pyridine rings is 1. The molecule has 0 amide bonds. The SMILES string of the molecule is C=C=C(NN/C(=C(\C)c1ccccc1-c1ccc(C2(c3ccccc3C)c3ccccc3-c3ccccc32)c(C)c1)c1ccccc1-c1ccccc1)c1ccc(-c2ccccn2)cc1. The molecular formula is C62H49N3. The van der Waals surface area contributed by atoms with Crippen molar-refractivity contribution >= 4 is 17.0 Å². The molecule has 0 atom stereocenters. The van der Waals surface area contributed by atoms with Crippen LogP contribution in [0.15, 0.2) is 231 Å². The predicted molar refractivity (Wildman–Crippen MR) is 272 cm³/mol. The summed E-state index contributed by atoms with van der Waals surface area (Å²) in [7, 11) is 0. The Morgan fingerprint density at radius 3 is 1.63 bits per heavy atom. The van der Waals surface area contributed by atoms with Crippen LogP contribution in [0.3, 0.4) is 0 Å². The van der Waals surface area contributed by atoms with E-state index in [1.807, 2.05) is 24.4 Å². The summed E-state index contributed by atoms with van der Waals surface area (Å²) in [5.41, 5.74) is 32.7. The van der Waals surface area contributed by atoms with Gasteiger partial charge < -0.3 is 0 Å². The van der Waals surface area contributed by atoms with E-state index in [0.717, 1.165) is 67.2 Å². The molecule has 10 rings (SSSR count). The highest BCUT2D eigenvalue weighted by Gasteiger charge is 2.47. The molecule has 0 radical (unpaired) electrons. The Bertz CT molecular complexity index is 3240. The van der Waals surface area contributed by atoms with E-state index >= 15 is 0 Å². The summed E-state index contributed by atoms with van der Waals surface area (Å²) in [6.45, 7) is 10.8. The van der Waals surface area contributed by atoms with Crippen molar-refractivity contribution in [3.63, 3.8) is 0 Å². The number of nitrogens with one attached hydrogen (secondary N) is 2. The summed E-state index contributed by atoms with van der Waals surface area (Å²) in [5.74, 6) is 0. The fourth-order valence-corrected chi connectivity index (χ4v) is 10.0. The predicted octanol–water partition coefficient (Wildman–Crippen LogP) is 14.9. The van der Waals surface area contributed by atoms with E-state index in [-0.39, 0.29) is 0 Å². The summed E-state index contributed by atoms with van der Waals surface area (Å²) in [6, 6.07) is 76.2. The van der Waals surface area contributed by atoms with Crippen LogP contribution in [0.4, 0.5) is 0 Å². The van der Waals surface area contributed by atoms with Gasteiger partial charge in [0.2, 0.25) is 0 Å². The molecule has 3 heteroatoms. The molecule has 2 N–H and O–H groups in total. The lowest BCUT2D eigenvalue weighted by molar-refractivity contribution is 0.754. The lowest BCUT2D eigenvalue weighted by Crippen LogP contribution is -2.30. The van der Waals surface area contributed by atoms with Gasteiger partial charge in [0, 0.05) is 22.9 Å². The summed E-state index contributed by atoms with van der Waals surface area (Å²) in [4.78, 5) is 4.54. The number of hydrazine groups is 1. The Morgan fingerprint density at radius 1 is 0.462 bits per heavy atom. The Kier molecular flexibility index (Phi) is 11.0. The molecule has 0 unspecified atom stereocenters. The van der Waals surface area contributed by atoms with Crippen LogP contribution < -0.4 is 10.9 Å². The molecule has 9 aromatic rings. The molecular weight excluding hydrogens is 787 g/mol. The maximum atomic E-state index is 4.54. The zero-order valence-electron chi connectivity index (χ0n) is 36.9. The highest BCUT2D eigenvalue weighted by Crippen LogP contribution is 2.57. The molecule has 1 aliphatic carbocycles. The van der Waals surface area contributed by atoms with Gasteiger partial charge in [-0.1, -0.05) is 207 Å². The fraction of sp³-hybridized carbons (Fsp3) is 0.0645. The van der Waals surface area contributed by atoms with Crippen LogP contribution in [0, 0.1) is 13.8 Å². The Balaban J connectivity index is 1.10. The third-order valence-corrected chi connectivity index (χ3v) is 13.1. The first-order chi connectivity index (χ1) is 32.0. The molecule has 1 aromatic heterocycles. The van der Waals surface area contributed by atoms with E-state index in [9.17, 15) is 0 Å². The normalized spacial score (nSPS) is 12.6. The first kappa shape index (κ1) is 40.8. The maximum Gasteiger partial charge on any atom is 0.103 e. The van der Waals surface area contributed by atoms with Crippen LogP contribution in [0.1, 0.15) is 57.0 Å². The van der Waals surface area contributed by atoms with Crippen molar-refractivity contribution in [3.8, 4) is 44.6 Å². The number of aryl methyl sites for hydroxylation is 2. The van der Waals surface area contributed by atoms with Gasteiger partial charge in [0.15, 0.2) is 0 Å². The van der Waals surface area contributed by atoms with E-state index in [1.165, 1.54) is 44.5 Å². The van der Waals surface area contributed by atoms with Gasteiger partial charge in [-0.2, -0.15) is 0 Å². The minimum atomic E-state index is -0.477. The topological polar surface area (TPSA) is 37.0 Å². The van der Waals surface area contributed by atoms with Crippen LogP contribution in [0.2, 0.25) is 0 Å². The minimum absolute atomic E-state index is 0.477. The van der Waals surface area contributed by atoms with Crippen molar-refractivity contribution in [2.75, 3.05) is 0 Å². The van der Waals surface area contributed by atoms with Crippen molar-refractivity contribution in [2.45, 2.75) is 26.2 Å². The van der Waals surface area contributed by atoms with Gasteiger partial charge in [-0.3, -0.25) is 15.8 Å². The second kappa shape index (κ2) is 17.5. The van der Waals surface area contributed by atoms with Gasteiger partial charge in [0.1, 0.15) is 5.70 Å². The zero-order valence-corrected chi connectivity index (χ0v) is 36.9. The van der Waals surface area contributed by atoms with Crippen LogP contribution in [0.25, 0.3) is 61.6 Å². The van der Waals surface area contributed by atoms with Crippen molar-refractivity contribution in [2.24, 2.45) is 0 Å². The van der Waals surface area contributed by atoms with Gasteiger partial charge in [0.25, 0.3) is 0 Å². The second-order valence-corrected chi connectivity index (χ2v) is 16.7. The van der Waals surface area contributed by atoms with Gasteiger partial charge in [0.05, 0.1) is 16.8 Å². The molecule has 65 heavy (non-hydrogen) atoms. The van der Waals surface area contributed by atoms with Gasteiger partial charge in [-0.05, 0) is 111 Å². The number of allylic oxidation sites excluding steroid dienone is 1. The molecule has 1 heterocycles. The lowest BCUT2D eigenvalue weighted by atomic mass is 9.65. The average Bonchev–Trinajstić information content (AvgIpc) is 3.66. The zero-order chi connectivity index (χ0) is 44.3. The quantitative estimate of drug-likeness (QED) is 0.0774. The number of rotatable bonds is 11. The Labute approximate surface area is 382 Å². The summed E-state index contributed by atoms with van der Waals surface area (Å²) in [6.07, 6.45) is 1.82. The van der Waals surface area contributed by atoms with Crippen LogP contribution >= 0.6 is 0 Å². The molecule has 8 aromatic carbocycles. The monoisotopic (exact) mass is 835 g/mol. The fourth-order valence-electron chi connectivity index (χ4n) is 10.0. The maximum absolute atomic E-state index is 4.54. The molecule has 1 aliphatic rings. The standard InChI is InChI=1S/C62H49N3/c1-5-59(46-34-36-47(37-35-46)60-33-19-20-40-63-60)64-65-61(54-29-13-12-25-50(54)45-22-7-6-8-23-45)44(4)49-24-10-11-26-51(49)48-38-39-56(43(3)41-48)62(55-30-16-9-21-42(55)2)57-31-17-14-27-52(57)53-28-15-18-32-58(53)62/h6-41,64-65H,1H2,2-4H3/b61-44+. The highest BCUT2D eigenvalue weighted by atomic mass is 15.4. The molecule has 312 valence electrons. The summed E-state index contributed by atoms with van der Waals surface area (Å²) >= 11 is 0. The first-order valence-corrected chi connectivity index (χ1v) is 22.2. The molecule has 0 spiro atoms. The number of hydrogen-bond donors (Lipinski definition) is 2. The molecule has 0 saturated heterocycles. The molecule has 0 bridgehead atoms. The Morgan fingerprint density at radius 2 is 1.00 bits per heavy atom. The van der Waals surface area contributed by atoms with Crippen molar-refractivity contribution in [3.05, 3.63) is 281 Å². The molecule has 0 saturated carbocycles. The molecule has 3 nitrogen and oxygen atoms in total. The number of aromatic nitrogens is 1. The van der Waals surface area contributed by atoms with E-state index < -0.39 is 5.41 Å². The van der Waals surface area contributed by atoms with Crippen LogP contribution in [0.5, 0.6) is 0 Å². The number of fused-ring (bicyclic) bond motifs is 3. The van der Waals surface area contributed by atoms with E-state index in [1.54, 1.807) is 0 Å². The van der Waals surface area contributed by atoms with E-state index in [2.05, 4.69) is 243 Å². The number of benzene rings is 8. The van der Waals surface area contributed by atoms with E-state index in [0.29, 0.717) is 0 Å². The van der Waals surface area contributed by atoms with Gasteiger partial charge in [-0.25, -0.2) is 0 Å². The van der Waals surface area contributed by atoms with Crippen LogP contribution in [-0.2, 0) is 5.41 Å².